The second-order valence-corrected chi connectivity index (χ2v) is 5.68. The number of carbonyl (C=O) groups excluding carboxylic acids is 1. The molecule has 1 aromatic heterocycles. The van der Waals surface area contributed by atoms with Crippen molar-refractivity contribution in [1.29, 1.82) is 5.26 Å². The molecule has 1 fully saturated rings. The number of pyridine rings is 1. The lowest BCUT2D eigenvalue weighted by atomic mass is 10.2. The number of benzene rings is 1. The number of hydrogen-bond donors (Lipinski definition) is 0. The molecule has 0 saturated carbocycles. The molecule has 1 aliphatic heterocycles. The predicted octanol–water partition coefficient (Wildman–Crippen LogP) is 2.57. The van der Waals surface area contributed by atoms with Gasteiger partial charge in [0.1, 0.15) is 11.9 Å². The molecule has 0 unspecified atom stereocenters. The Morgan fingerprint density at radius 3 is 2.48 bits per heavy atom. The van der Waals surface area contributed by atoms with Crippen LogP contribution in [0.4, 0.5) is 5.82 Å². The molecule has 3 rings (SSSR count). The third-order valence-electron chi connectivity index (χ3n) is 3.87. The highest BCUT2D eigenvalue weighted by Crippen LogP contribution is 2.19. The van der Waals surface area contributed by atoms with Crippen molar-refractivity contribution >= 4 is 23.3 Å². The van der Waals surface area contributed by atoms with Gasteiger partial charge in [-0.3, -0.25) is 4.79 Å². The Kier molecular flexibility index (Phi) is 4.45. The van der Waals surface area contributed by atoms with Crippen LogP contribution in [0.1, 0.15) is 15.9 Å². The van der Waals surface area contributed by atoms with E-state index in [-0.39, 0.29) is 5.91 Å². The van der Waals surface area contributed by atoms with Crippen LogP contribution in [-0.4, -0.2) is 42.0 Å². The fraction of sp³-hybridized carbons (Fsp3) is 0.235. The highest BCUT2D eigenvalue weighted by Gasteiger charge is 2.23. The maximum absolute atomic E-state index is 12.5. The number of aromatic nitrogens is 1. The van der Waals surface area contributed by atoms with Gasteiger partial charge in [-0.05, 0) is 24.3 Å². The first-order valence-electron chi connectivity index (χ1n) is 7.34. The average molecular weight is 327 g/mol. The Morgan fingerprint density at radius 1 is 1.13 bits per heavy atom. The fourth-order valence-electron chi connectivity index (χ4n) is 2.58. The number of rotatable bonds is 2. The summed E-state index contributed by atoms with van der Waals surface area (Å²) in [5.41, 5.74) is 1.08. The lowest BCUT2D eigenvalue weighted by Gasteiger charge is -2.35. The highest BCUT2D eigenvalue weighted by molar-refractivity contribution is 6.33. The van der Waals surface area contributed by atoms with E-state index in [4.69, 9.17) is 16.9 Å². The smallest absolute Gasteiger partial charge is 0.255 e. The van der Waals surface area contributed by atoms with Crippen molar-refractivity contribution < 1.29 is 4.79 Å². The summed E-state index contributed by atoms with van der Waals surface area (Å²) >= 11 is 6.10. The minimum absolute atomic E-state index is 0.0389. The molecule has 0 aliphatic carbocycles. The van der Waals surface area contributed by atoms with E-state index >= 15 is 0 Å². The van der Waals surface area contributed by atoms with Crippen molar-refractivity contribution in [2.24, 2.45) is 0 Å². The van der Waals surface area contributed by atoms with Gasteiger partial charge in [0.15, 0.2) is 0 Å². The molecule has 0 N–H and O–H groups in total. The van der Waals surface area contributed by atoms with E-state index in [2.05, 4.69) is 16.0 Å². The van der Waals surface area contributed by atoms with Crippen LogP contribution >= 0.6 is 11.6 Å². The van der Waals surface area contributed by atoms with Gasteiger partial charge < -0.3 is 9.80 Å². The van der Waals surface area contributed by atoms with E-state index in [0.29, 0.717) is 42.3 Å². The van der Waals surface area contributed by atoms with Crippen molar-refractivity contribution in [2.45, 2.75) is 0 Å². The monoisotopic (exact) mass is 326 g/mol. The molecule has 0 radical (unpaired) electrons. The molecule has 116 valence electrons. The number of piperazine rings is 1. The summed E-state index contributed by atoms with van der Waals surface area (Å²) in [6.45, 7) is 2.64. The Balaban J connectivity index is 1.65. The van der Waals surface area contributed by atoms with Gasteiger partial charge in [0, 0.05) is 32.4 Å². The second-order valence-electron chi connectivity index (χ2n) is 5.28. The number of hydrogen-bond acceptors (Lipinski definition) is 4. The number of amides is 1. The van der Waals surface area contributed by atoms with E-state index in [1.807, 2.05) is 18.2 Å². The lowest BCUT2D eigenvalue weighted by molar-refractivity contribution is 0.0746. The molecule has 0 spiro atoms. The first kappa shape index (κ1) is 15.3. The van der Waals surface area contributed by atoms with E-state index in [1.165, 1.54) is 0 Å². The summed E-state index contributed by atoms with van der Waals surface area (Å²) in [6.07, 6.45) is 1.57. The maximum atomic E-state index is 12.5. The molecule has 1 saturated heterocycles. The molecule has 1 aliphatic rings. The number of carbonyl (C=O) groups is 1. The molecule has 1 aromatic carbocycles. The van der Waals surface area contributed by atoms with Crippen LogP contribution in [0.15, 0.2) is 42.6 Å². The van der Waals surface area contributed by atoms with Gasteiger partial charge in [0.05, 0.1) is 16.1 Å². The van der Waals surface area contributed by atoms with Crippen LogP contribution in [-0.2, 0) is 0 Å². The van der Waals surface area contributed by atoms with Gasteiger partial charge >= 0.3 is 0 Å². The first-order valence-corrected chi connectivity index (χ1v) is 7.72. The fourth-order valence-corrected chi connectivity index (χ4v) is 2.80. The Hall–Kier alpha value is -2.58. The first-order chi connectivity index (χ1) is 11.2. The molecular formula is C17H15ClN4O. The summed E-state index contributed by atoms with van der Waals surface area (Å²) in [5.74, 6) is 0.789. The molecule has 2 heterocycles. The van der Waals surface area contributed by atoms with Crippen LogP contribution in [0.2, 0.25) is 5.02 Å². The normalized spacial score (nSPS) is 14.4. The van der Waals surface area contributed by atoms with E-state index in [9.17, 15) is 4.79 Å². The third kappa shape index (κ3) is 3.27. The molecule has 1 amide bonds. The molecule has 0 bridgehead atoms. The van der Waals surface area contributed by atoms with Gasteiger partial charge in [-0.25, -0.2) is 4.98 Å². The summed E-state index contributed by atoms with van der Waals surface area (Å²) in [6, 6.07) is 12.8. The van der Waals surface area contributed by atoms with Gasteiger partial charge in [-0.15, -0.1) is 0 Å². The second kappa shape index (κ2) is 6.67. The molecule has 5 nitrogen and oxygen atoms in total. The van der Waals surface area contributed by atoms with Crippen molar-refractivity contribution in [2.75, 3.05) is 31.1 Å². The zero-order valence-electron chi connectivity index (χ0n) is 12.4. The molecule has 6 heteroatoms. The van der Waals surface area contributed by atoms with E-state index in [1.54, 1.807) is 29.3 Å². The minimum atomic E-state index is -0.0389. The number of halogens is 1. The van der Waals surface area contributed by atoms with Gasteiger partial charge in [-0.1, -0.05) is 23.7 Å². The Bertz CT molecular complexity index is 746. The van der Waals surface area contributed by atoms with Crippen LogP contribution < -0.4 is 4.90 Å². The highest BCUT2D eigenvalue weighted by atomic mass is 35.5. The largest absolute Gasteiger partial charge is 0.353 e. The Morgan fingerprint density at radius 2 is 1.87 bits per heavy atom. The maximum Gasteiger partial charge on any atom is 0.255 e. The summed E-state index contributed by atoms with van der Waals surface area (Å²) in [7, 11) is 0. The predicted molar refractivity (Wildman–Crippen MR) is 88.5 cm³/mol. The van der Waals surface area contributed by atoms with Gasteiger partial charge in [0.2, 0.25) is 0 Å². The molecular weight excluding hydrogens is 312 g/mol. The van der Waals surface area contributed by atoms with Gasteiger partial charge in [-0.2, -0.15) is 5.26 Å². The van der Waals surface area contributed by atoms with Crippen LogP contribution in [0, 0.1) is 11.3 Å². The van der Waals surface area contributed by atoms with Crippen molar-refractivity contribution in [3.8, 4) is 6.07 Å². The van der Waals surface area contributed by atoms with Crippen LogP contribution in [0.25, 0.3) is 0 Å². The zero-order valence-corrected chi connectivity index (χ0v) is 13.2. The quantitative estimate of drug-likeness (QED) is 0.851. The molecule has 2 aromatic rings. The molecule has 23 heavy (non-hydrogen) atoms. The van der Waals surface area contributed by atoms with Crippen LogP contribution in [0.5, 0.6) is 0 Å². The number of nitrogens with zero attached hydrogens (tertiary/aromatic N) is 4. The number of anilines is 1. The third-order valence-corrected chi connectivity index (χ3v) is 4.20. The number of nitriles is 1. The molecule has 0 atom stereocenters. The van der Waals surface area contributed by atoms with E-state index < -0.39 is 0 Å². The van der Waals surface area contributed by atoms with Gasteiger partial charge in [0.25, 0.3) is 5.91 Å². The van der Waals surface area contributed by atoms with Crippen molar-refractivity contribution in [3.63, 3.8) is 0 Å². The summed E-state index contributed by atoms with van der Waals surface area (Å²) in [5, 5.41) is 9.29. The SMILES string of the molecule is N#Cc1ccc(N2CCN(C(=O)c3ccccc3Cl)CC2)nc1. The van der Waals surface area contributed by atoms with Crippen molar-refractivity contribution in [1.82, 2.24) is 9.88 Å². The topological polar surface area (TPSA) is 60.2 Å². The Labute approximate surface area is 139 Å². The summed E-state index contributed by atoms with van der Waals surface area (Å²) in [4.78, 5) is 20.7. The minimum Gasteiger partial charge on any atom is -0.353 e. The average Bonchev–Trinajstić information content (AvgIpc) is 2.62. The zero-order chi connectivity index (χ0) is 16.2. The van der Waals surface area contributed by atoms with Crippen LogP contribution in [0.3, 0.4) is 0 Å². The summed E-state index contributed by atoms with van der Waals surface area (Å²) < 4.78 is 0. The lowest BCUT2D eigenvalue weighted by Crippen LogP contribution is -2.49. The van der Waals surface area contributed by atoms with E-state index in [0.717, 1.165) is 5.82 Å². The standard InChI is InChI=1S/C17H15ClN4O/c18-15-4-2-1-3-14(15)17(23)22-9-7-21(8-10-22)16-6-5-13(11-19)12-20-16/h1-6,12H,7-10H2. The van der Waals surface area contributed by atoms with Crippen molar-refractivity contribution in [3.05, 3.63) is 58.7 Å².